The number of rotatable bonds is 5. The molecule has 0 saturated carbocycles. The normalized spacial score (nSPS) is 23.0. The lowest BCUT2D eigenvalue weighted by atomic mass is 10.1. The highest BCUT2D eigenvalue weighted by Gasteiger charge is 2.26. The predicted molar refractivity (Wildman–Crippen MR) is 117 cm³/mol. The third kappa shape index (κ3) is 4.83. The summed E-state index contributed by atoms with van der Waals surface area (Å²) in [5.74, 6) is 0.911. The van der Waals surface area contributed by atoms with Crippen molar-refractivity contribution in [3.05, 3.63) is 54.1 Å². The Bertz CT molecular complexity index is 762. The van der Waals surface area contributed by atoms with E-state index in [0.717, 1.165) is 56.2 Å². The number of aliphatic hydroxyl groups is 1. The van der Waals surface area contributed by atoms with Gasteiger partial charge in [-0.05, 0) is 56.1 Å². The van der Waals surface area contributed by atoms with Crippen LogP contribution in [0.4, 0.5) is 5.69 Å². The molecule has 1 fully saturated rings. The van der Waals surface area contributed by atoms with Crippen LogP contribution in [0, 0.1) is 6.92 Å². The van der Waals surface area contributed by atoms with Crippen LogP contribution in [0.3, 0.4) is 0 Å². The molecule has 5 heteroatoms. The Labute approximate surface area is 172 Å². The van der Waals surface area contributed by atoms with Gasteiger partial charge in [-0.3, -0.25) is 4.90 Å². The molecular formula is C23H30N2O2S. The minimum atomic E-state index is -0.410. The van der Waals surface area contributed by atoms with E-state index in [9.17, 15) is 5.11 Å². The lowest BCUT2D eigenvalue weighted by molar-refractivity contribution is 0.103. The molecule has 0 spiro atoms. The van der Waals surface area contributed by atoms with Gasteiger partial charge in [0, 0.05) is 42.0 Å². The molecule has 2 atom stereocenters. The molecule has 2 aliphatic rings. The molecule has 2 aliphatic heterocycles. The number of para-hydroxylation sites is 1. The van der Waals surface area contributed by atoms with Crippen molar-refractivity contribution in [2.75, 3.05) is 44.2 Å². The Hall–Kier alpha value is -1.69. The monoisotopic (exact) mass is 398 g/mol. The molecule has 0 unspecified atom stereocenters. The van der Waals surface area contributed by atoms with Gasteiger partial charge in [0.25, 0.3) is 0 Å². The predicted octanol–water partition coefficient (Wildman–Crippen LogP) is 3.81. The number of nitrogens with zero attached hydrogens (tertiary/aromatic N) is 2. The number of aryl methyl sites for hydroxylation is 1. The van der Waals surface area contributed by atoms with Gasteiger partial charge in [-0.15, -0.1) is 11.8 Å². The number of aliphatic hydroxyl groups excluding tert-OH is 1. The molecule has 0 amide bonds. The van der Waals surface area contributed by atoms with Crippen LogP contribution in [0.25, 0.3) is 0 Å². The van der Waals surface area contributed by atoms with E-state index in [0.29, 0.717) is 6.61 Å². The molecule has 0 aliphatic carbocycles. The molecule has 2 aromatic carbocycles. The first-order valence-corrected chi connectivity index (χ1v) is 11.2. The highest BCUT2D eigenvalue weighted by molar-refractivity contribution is 8.00. The van der Waals surface area contributed by atoms with Gasteiger partial charge >= 0.3 is 0 Å². The summed E-state index contributed by atoms with van der Waals surface area (Å²) in [6, 6.07) is 17.0. The number of piperazine rings is 1. The second kappa shape index (κ2) is 9.21. The van der Waals surface area contributed by atoms with Crippen LogP contribution in [0.5, 0.6) is 5.75 Å². The fraction of sp³-hybridized carbons (Fsp3) is 0.478. The van der Waals surface area contributed by atoms with Crippen molar-refractivity contribution in [3.8, 4) is 5.75 Å². The minimum Gasteiger partial charge on any atom is -0.490 e. The van der Waals surface area contributed by atoms with E-state index < -0.39 is 6.10 Å². The summed E-state index contributed by atoms with van der Waals surface area (Å²) in [6.07, 6.45) is 1.72. The second-order valence-corrected chi connectivity index (χ2v) is 9.07. The molecule has 0 bridgehead atoms. The van der Waals surface area contributed by atoms with Crippen molar-refractivity contribution in [1.29, 1.82) is 0 Å². The summed E-state index contributed by atoms with van der Waals surface area (Å²) >= 11 is 1.78. The van der Waals surface area contributed by atoms with Crippen molar-refractivity contribution in [2.45, 2.75) is 36.0 Å². The van der Waals surface area contributed by atoms with E-state index in [1.165, 1.54) is 11.3 Å². The molecule has 0 radical (unpaired) electrons. The third-order valence-corrected chi connectivity index (χ3v) is 7.10. The average molecular weight is 399 g/mol. The second-order valence-electron chi connectivity index (χ2n) is 7.79. The van der Waals surface area contributed by atoms with Crippen molar-refractivity contribution in [3.63, 3.8) is 0 Å². The highest BCUT2D eigenvalue weighted by atomic mass is 32.2. The van der Waals surface area contributed by atoms with Gasteiger partial charge in [-0.25, -0.2) is 0 Å². The summed E-state index contributed by atoms with van der Waals surface area (Å²) in [5, 5.41) is 10.7. The van der Waals surface area contributed by atoms with Gasteiger partial charge in [0.15, 0.2) is 0 Å². The summed E-state index contributed by atoms with van der Waals surface area (Å²) in [7, 11) is 0. The first-order valence-electron chi connectivity index (χ1n) is 10.3. The average Bonchev–Trinajstić information content (AvgIpc) is 2.88. The SMILES string of the molecule is Cc1ccc2c(c1)S[C@@H](CCCN1CCN(c3ccccc3)CC1)[C@H](O)CO2. The molecule has 2 aromatic rings. The highest BCUT2D eigenvalue weighted by Crippen LogP contribution is 2.38. The largest absolute Gasteiger partial charge is 0.490 e. The lowest BCUT2D eigenvalue weighted by Gasteiger charge is -2.36. The number of hydrogen-bond acceptors (Lipinski definition) is 5. The summed E-state index contributed by atoms with van der Waals surface area (Å²) < 4.78 is 5.81. The van der Waals surface area contributed by atoms with Gasteiger partial charge in [0.05, 0.1) is 0 Å². The molecule has 4 nitrogen and oxygen atoms in total. The lowest BCUT2D eigenvalue weighted by Crippen LogP contribution is -2.46. The van der Waals surface area contributed by atoms with Crippen LogP contribution in [-0.2, 0) is 0 Å². The van der Waals surface area contributed by atoms with Crippen LogP contribution in [0.1, 0.15) is 18.4 Å². The third-order valence-electron chi connectivity index (χ3n) is 5.67. The fourth-order valence-electron chi connectivity index (χ4n) is 3.99. The standard InChI is InChI=1S/C23H30N2O2S/c1-18-9-10-21-23(16-18)28-22(20(26)17-27-21)8-5-11-24-12-14-25(15-13-24)19-6-3-2-4-7-19/h2-4,6-7,9-10,16,20,22,26H,5,8,11-15,17H2,1H3/t20-,22+/m1/s1. The molecule has 150 valence electrons. The quantitative estimate of drug-likeness (QED) is 0.829. The number of benzene rings is 2. The van der Waals surface area contributed by atoms with Gasteiger partial charge in [0.2, 0.25) is 0 Å². The Kier molecular flexibility index (Phi) is 6.45. The number of thioether (sulfide) groups is 1. The Morgan fingerprint density at radius 1 is 1.07 bits per heavy atom. The van der Waals surface area contributed by atoms with Gasteiger partial charge in [-0.1, -0.05) is 24.3 Å². The first kappa shape index (κ1) is 19.6. The van der Waals surface area contributed by atoms with Crippen LogP contribution < -0.4 is 9.64 Å². The van der Waals surface area contributed by atoms with E-state index in [4.69, 9.17) is 4.74 Å². The summed E-state index contributed by atoms with van der Waals surface area (Å²) in [5.41, 5.74) is 2.57. The number of hydrogen-bond donors (Lipinski definition) is 1. The molecule has 1 saturated heterocycles. The van der Waals surface area contributed by atoms with Crippen LogP contribution >= 0.6 is 11.8 Å². The topological polar surface area (TPSA) is 35.9 Å². The summed E-state index contributed by atoms with van der Waals surface area (Å²) in [6.45, 7) is 8.00. The van der Waals surface area contributed by atoms with Gasteiger partial charge in [-0.2, -0.15) is 0 Å². The minimum absolute atomic E-state index is 0.202. The molecular weight excluding hydrogens is 368 g/mol. The van der Waals surface area contributed by atoms with Crippen LogP contribution in [-0.4, -0.2) is 60.7 Å². The van der Waals surface area contributed by atoms with Crippen molar-refractivity contribution < 1.29 is 9.84 Å². The van der Waals surface area contributed by atoms with Crippen LogP contribution in [0.15, 0.2) is 53.4 Å². The van der Waals surface area contributed by atoms with Crippen molar-refractivity contribution in [2.24, 2.45) is 0 Å². The number of ether oxygens (including phenoxy) is 1. The summed E-state index contributed by atoms with van der Waals surface area (Å²) in [4.78, 5) is 6.19. The zero-order chi connectivity index (χ0) is 19.3. The molecule has 0 aromatic heterocycles. The maximum Gasteiger partial charge on any atom is 0.133 e. The van der Waals surface area contributed by atoms with Gasteiger partial charge < -0.3 is 14.7 Å². The van der Waals surface area contributed by atoms with Crippen molar-refractivity contribution in [1.82, 2.24) is 4.90 Å². The molecule has 1 N–H and O–H groups in total. The number of anilines is 1. The fourth-order valence-corrected chi connectivity index (χ4v) is 5.33. The van der Waals surface area contributed by atoms with E-state index in [1.807, 2.05) is 6.07 Å². The maximum atomic E-state index is 10.5. The smallest absolute Gasteiger partial charge is 0.133 e. The Morgan fingerprint density at radius 2 is 1.86 bits per heavy atom. The molecule has 2 heterocycles. The Balaban J connectivity index is 1.25. The Morgan fingerprint density at radius 3 is 2.64 bits per heavy atom. The van der Waals surface area contributed by atoms with E-state index in [1.54, 1.807) is 11.8 Å². The number of fused-ring (bicyclic) bond motifs is 1. The zero-order valence-corrected chi connectivity index (χ0v) is 17.4. The molecule has 28 heavy (non-hydrogen) atoms. The van der Waals surface area contributed by atoms with E-state index in [-0.39, 0.29) is 5.25 Å². The zero-order valence-electron chi connectivity index (χ0n) is 16.6. The first-order chi connectivity index (χ1) is 13.7. The van der Waals surface area contributed by atoms with E-state index in [2.05, 4.69) is 59.2 Å². The van der Waals surface area contributed by atoms with Crippen LogP contribution in [0.2, 0.25) is 0 Å². The molecule has 4 rings (SSSR count). The maximum absolute atomic E-state index is 10.5. The van der Waals surface area contributed by atoms with Crippen molar-refractivity contribution >= 4 is 17.4 Å². The van der Waals surface area contributed by atoms with E-state index >= 15 is 0 Å². The van der Waals surface area contributed by atoms with Gasteiger partial charge in [0.1, 0.15) is 18.5 Å².